The van der Waals surface area contributed by atoms with E-state index in [0.717, 1.165) is 49.9 Å². The van der Waals surface area contributed by atoms with Gasteiger partial charge in [-0.1, -0.05) is 12.8 Å². The zero-order chi connectivity index (χ0) is 17.7. The third-order valence-corrected chi connectivity index (χ3v) is 4.09. The Hall–Kier alpha value is -2.05. The average Bonchev–Trinajstić information content (AvgIpc) is 2.99. The first-order chi connectivity index (χ1) is 11.3. The van der Waals surface area contributed by atoms with Gasteiger partial charge in [-0.3, -0.25) is 9.59 Å². The Labute approximate surface area is 138 Å². The highest BCUT2D eigenvalue weighted by Crippen LogP contribution is 2.30. The number of nitrogens with one attached hydrogen (secondary N) is 1. The fourth-order valence-corrected chi connectivity index (χ4v) is 2.74. The van der Waals surface area contributed by atoms with Gasteiger partial charge in [0.15, 0.2) is 6.10 Å². The van der Waals surface area contributed by atoms with Crippen molar-refractivity contribution < 1.29 is 27.5 Å². The van der Waals surface area contributed by atoms with Crippen molar-refractivity contribution in [1.82, 2.24) is 0 Å². The van der Waals surface area contributed by atoms with Crippen molar-refractivity contribution in [2.45, 2.75) is 51.3 Å². The van der Waals surface area contributed by atoms with E-state index in [-0.39, 0.29) is 5.69 Å². The molecule has 0 heterocycles. The van der Waals surface area contributed by atoms with Gasteiger partial charge in [0.2, 0.25) is 0 Å². The number of esters is 1. The summed E-state index contributed by atoms with van der Waals surface area (Å²) in [4.78, 5) is 23.8. The third-order valence-electron chi connectivity index (χ3n) is 4.09. The summed E-state index contributed by atoms with van der Waals surface area (Å²) in [7, 11) is 0. The Bertz CT molecular complexity index is 578. The number of hydrogen-bond acceptors (Lipinski definition) is 3. The van der Waals surface area contributed by atoms with Gasteiger partial charge in [0.25, 0.3) is 5.91 Å². The normalized spacial score (nSPS) is 16.7. The predicted octanol–water partition coefficient (Wildman–Crippen LogP) is 4.16. The number of carbonyl (C=O) groups excluding carboxylic acids is 2. The van der Waals surface area contributed by atoms with Gasteiger partial charge in [0, 0.05) is 12.1 Å². The Balaban J connectivity index is 1.83. The van der Waals surface area contributed by atoms with Gasteiger partial charge < -0.3 is 10.1 Å². The molecule has 1 atom stereocenters. The van der Waals surface area contributed by atoms with E-state index in [4.69, 9.17) is 4.74 Å². The van der Waals surface area contributed by atoms with Crippen LogP contribution in [0.4, 0.5) is 18.9 Å². The van der Waals surface area contributed by atoms with Crippen molar-refractivity contribution in [3.8, 4) is 0 Å². The van der Waals surface area contributed by atoms with Gasteiger partial charge in [-0.15, -0.1) is 0 Å². The first-order valence-corrected chi connectivity index (χ1v) is 7.93. The lowest BCUT2D eigenvalue weighted by Crippen LogP contribution is -2.30. The molecule has 24 heavy (non-hydrogen) atoms. The number of carbonyl (C=O) groups is 2. The quantitative estimate of drug-likeness (QED) is 0.817. The summed E-state index contributed by atoms with van der Waals surface area (Å²) in [5.41, 5.74) is -0.580. The van der Waals surface area contributed by atoms with E-state index in [1.165, 1.54) is 6.92 Å². The number of alkyl halides is 3. The van der Waals surface area contributed by atoms with Gasteiger partial charge >= 0.3 is 12.1 Å². The first kappa shape index (κ1) is 18.3. The summed E-state index contributed by atoms with van der Waals surface area (Å²) in [5, 5.41) is 2.44. The van der Waals surface area contributed by atoms with Crippen molar-refractivity contribution >= 4 is 17.6 Å². The predicted molar refractivity (Wildman–Crippen MR) is 82.2 cm³/mol. The molecule has 0 spiro atoms. The summed E-state index contributed by atoms with van der Waals surface area (Å²) in [6.07, 6.45) is -0.892. The number of anilines is 1. The van der Waals surface area contributed by atoms with Crippen LogP contribution in [0.25, 0.3) is 0 Å². The molecule has 1 aromatic rings. The van der Waals surface area contributed by atoms with Gasteiger partial charge in [-0.25, -0.2) is 0 Å². The maximum atomic E-state index is 12.5. The van der Waals surface area contributed by atoms with Crippen molar-refractivity contribution in [3.05, 3.63) is 29.8 Å². The van der Waals surface area contributed by atoms with Crippen LogP contribution >= 0.6 is 0 Å². The molecular weight excluding hydrogens is 323 g/mol. The number of halogens is 3. The van der Waals surface area contributed by atoms with Crippen LogP contribution in [0.1, 0.15) is 44.6 Å². The van der Waals surface area contributed by atoms with E-state index in [0.29, 0.717) is 12.3 Å². The van der Waals surface area contributed by atoms with Crippen LogP contribution in [-0.4, -0.2) is 18.0 Å². The van der Waals surface area contributed by atoms with Gasteiger partial charge in [-0.2, -0.15) is 13.2 Å². The molecule has 1 N–H and O–H groups in total. The molecule has 1 aromatic carbocycles. The van der Waals surface area contributed by atoms with E-state index >= 15 is 0 Å². The number of rotatable bonds is 5. The second kappa shape index (κ2) is 7.68. The molecule has 2 rings (SSSR count). The van der Waals surface area contributed by atoms with E-state index in [1.54, 1.807) is 0 Å². The van der Waals surface area contributed by atoms with E-state index in [9.17, 15) is 22.8 Å². The summed E-state index contributed by atoms with van der Waals surface area (Å²) in [6.45, 7) is 1.44. The maximum absolute atomic E-state index is 12.5. The fourth-order valence-electron chi connectivity index (χ4n) is 2.74. The number of amides is 1. The standard InChI is InChI=1S/C17H20F3NO3/c1-11(24-15(22)10-12-4-2-3-5-12)16(23)21-14-8-6-13(7-9-14)17(18,19)20/h6-9,11-12H,2-5,10H2,1H3,(H,21,23). The molecule has 0 saturated heterocycles. The lowest BCUT2D eigenvalue weighted by Gasteiger charge is -2.15. The van der Waals surface area contributed by atoms with Crippen LogP contribution in [0.5, 0.6) is 0 Å². The molecule has 0 bridgehead atoms. The maximum Gasteiger partial charge on any atom is 0.416 e. The summed E-state index contributed by atoms with van der Waals surface area (Å²) >= 11 is 0. The fraction of sp³-hybridized carbons (Fsp3) is 0.529. The zero-order valence-electron chi connectivity index (χ0n) is 13.4. The van der Waals surface area contributed by atoms with Gasteiger partial charge in [0.1, 0.15) is 0 Å². The van der Waals surface area contributed by atoms with Crippen LogP contribution in [0.2, 0.25) is 0 Å². The molecule has 0 aromatic heterocycles. The van der Waals surface area contributed by atoms with Gasteiger partial charge in [0.05, 0.1) is 5.56 Å². The lowest BCUT2D eigenvalue weighted by atomic mass is 10.0. The molecule has 0 aliphatic heterocycles. The van der Waals surface area contributed by atoms with Gasteiger partial charge in [-0.05, 0) is 49.9 Å². The summed E-state index contributed by atoms with van der Waals surface area (Å²) in [6, 6.07) is 4.08. The molecule has 1 fully saturated rings. The average molecular weight is 343 g/mol. The van der Waals surface area contributed by atoms with E-state index < -0.39 is 29.7 Å². The number of hydrogen-bond donors (Lipinski definition) is 1. The van der Waals surface area contributed by atoms with Crippen molar-refractivity contribution in [3.63, 3.8) is 0 Å². The SMILES string of the molecule is CC(OC(=O)CC1CCCC1)C(=O)Nc1ccc(C(F)(F)F)cc1. The molecule has 132 valence electrons. The highest BCUT2D eigenvalue weighted by atomic mass is 19.4. The molecule has 1 aliphatic carbocycles. The highest BCUT2D eigenvalue weighted by molar-refractivity contribution is 5.95. The largest absolute Gasteiger partial charge is 0.453 e. The summed E-state index contributed by atoms with van der Waals surface area (Å²) in [5.74, 6) is -0.672. The van der Waals surface area contributed by atoms with Crippen LogP contribution in [0.15, 0.2) is 24.3 Å². The van der Waals surface area contributed by atoms with Crippen LogP contribution in [-0.2, 0) is 20.5 Å². The summed E-state index contributed by atoms with van der Waals surface area (Å²) < 4.78 is 42.5. The number of ether oxygens (including phenoxy) is 1. The van der Waals surface area contributed by atoms with Crippen molar-refractivity contribution in [2.24, 2.45) is 5.92 Å². The van der Waals surface area contributed by atoms with Crippen LogP contribution in [0, 0.1) is 5.92 Å². The molecule has 4 nitrogen and oxygen atoms in total. The number of benzene rings is 1. The molecule has 1 amide bonds. The minimum atomic E-state index is -4.43. The van der Waals surface area contributed by atoms with Crippen LogP contribution < -0.4 is 5.32 Å². The second-order valence-electron chi connectivity index (χ2n) is 6.05. The topological polar surface area (TPSA) is 55.4 Å². The highest BCUT2D eigenvalue weighted by Gasteiger charge is 2.30. The second-order valence-corrected chi connectivity index (χ2v) is 6.05. The monoisotopic (exact) mass is 343 g/mol. The minimum Gasteiger partial charge on any atom is -0.453 e. The van der Waals surface area contributed by atoms with Crippen LogP contribution in [0.3, 0.4) is 0 Å². The zero-order valence-corrected chi connectivity index (χ0v) is 13.4. The molecule has 1 aliphatic rings. The Morgan fingerprint density at radius 2 is 1.79 bits per heavy atom. The molecule has 1 unspecified atom stereocenters. The third kappa shape index (κ3) is 5.25. The Kier molecular flexibility index (Phi) is 5.85. The molecule has 0 radical (unpaired) electrons. The first-order valence-electron chi connectivity index (χ1n) is 7.93. The smallest absolute Gasteiger partial charge is 0.416 e. The Morgan fingerprint density at radius 3 is 2.33 bits per heavy atom. The van der Waals surface area contributed by atoms with Crippen molar-refractivity contribution in [1.29, 1.82) is 0 Å². The minimum absolute atomic E-state index is 0.215. The lowest BCUT2D eigenvalue weighted by molar-refractivity contribution is -0.154. The molecular formula is C17H20F3NO3. The van der Waals surface area contributed by atoms with E-state index in [1.807, 2.05) is 0 Å². The molecule has 1 saturated carbocycles. The molecule has 7 heteroatoms. The van der Waals surface area contributed by atoms with Crippen molar-refractivity contribution in [2.75, 3.05) is 5.32 Å². The van der Waals surface area contributed by atoms with E-state index in [2.05, 4.69) is 5.32 Å². The Morgan fingerprint density at radius 1 is 1.21 bits per heavy atom.